The fraction of sp³-hybridized carbons (Fsp3) is 0.278. The molecule has 0 aromatic heterocycles. The summed E-state index contributed by atoms with van der Waals surface area (Å²) in [6.07, 6.45) is 10.7. The van der Waals surface area contributed by atoms with Gasteiger partial charge in [0, 0.05) is 87.2 Å². The molecule has 0 radical (unpaired) electrons. The van der Waals surface area contributed by atoms with Gasteiger partial charge in [0.15, 0.2) is 0 Å². The van der Waals surface area contributed by atoms with E-state index >= 15 is 0 Å². The molecule has 0 atom stereocenters. The van der Waals surface area contributed by atoms with Crippen molar-refractivity contribution < 1.29 is 16.8 Å². The van der Waals surface area contributed by atoms with Crippen LogP contribution in [0.4, 0.5) is 11.4 Å². The maximum absolute atomic E-state index is 13.9. The smallest absolute Gasteiger partial charge is 0.243 e. The zero-order valence-electron chi connectivity index (χ0n) is 27.6. The minimum absolute atomic E-state index is 0.0686. The monoisotopic (exact) mass is 816 g/mol. The van der Waals surface area contributed by atoms with Crippen molar-refractivity contribution in [3.63, 3.8) is 0 Å². The van der Waals surface area contributed by atoms with Crippen LogP contribution in [-0.4, -0.2) is 90.5 Å². The molecule has 0 unspecified atom stereocenters. The van der Waals surface area contributed by atoms with Crippen LogP contribution in [0.15, 0.2) is 119 Å². The lowest BCUT2D eigenvalue weighted by molar-refractivity contribution is 0.465. The summed E-state index contributed by atoms with van der Waals surface area (Å²) < 4.78 is 58.5. The van der Waals surface area contributed by atoms with Crippen molar-refractivity contribution in [1.82, 2.24) is 8.61 Å². The zero-order chi connectivity index (χ0) is 34.9. The normalized spacial score (nSPS) is 12.9. The number of sulfonamides is 2. The van der Waals surface area contributed by atoms with E-state index < -0.39 is 20.0 Å². The highest BCUT2D eigenvalue weighted by atomic mass is 79.9. The summed E-state index contributed by atoms with van der Waals surface area (Å²) in [6.45, 7) is 0.463. The second-order valence-electron chi connectivity index (χ2n) is 11.5. The van der Waals surface area contributed by atoms with Gasteiger partial charge >= 0.3 is 0 Å². The molecule has 0 aliphatic heterocycles. The lowest BCUT2D eigenvalue weighted by atomic mass is 10.1. The molecule has 0 fully saturated rings. The summed E-state index contributed by atoms with van der Waals surface area (Å²) in [6, 6.07) is 22.0. The Morgan fingerprint density at radius 1 is 0.521 bits per heavy atom. The zero-order valence-corrected chi connectivity index (χ0v) is 32.4. The second-order valence-corrected chi connectivity index (χ2v) is 16.6. The number of hydrogen-bond acceptors (Lipinski definition) is 6. The van der Waals surface area contributed by atoms with E-state index in [2.05, 4.69) is 31.9 Å². The molecule has 8 nitrogen and oxygen atoms in total. The first-order valence-corrected chi connectivity index (χ1v) is 20.5. The van der Waals surface area contributed by atoms with Crippen molar-refractivity contribution in [3.05, 3.63) is 109 Å². The van der Waals surface area contributed by atoms with Gasteiger partial charge in [-0.25, -0.2) is 16.8 Å². The van der Waals surface area contributed by atoms with Crippen LogP contribution in [0.1, 0.15) is 0 Å². The molecule has 4 aromatic rings. The van der Waals surface area contributed by atoms with E-state index in [0.29, 0.717) is 10.7 Å². The van der Waals surface area contributed by atoms with Gasteiger partial charge < -0.3 is 9.80 Å². The van der Waals surface area contributed by atoms with Crippen molar-refractivity contribution in [2.24, 2.45) is 0 Å². The number of halogens is 2. The van der Waals surface area contributed by atoms with Gasteiger partial charge in [-0.2, -0.15) is 8.61 Å². The number of alkyl halides is 2. The molecular weight excluding hydrogens is 776 g/mol. The Labute approximate surface area is 302 Å². The van der Waals surface area contributed by atoms with Gasteiger partial charge in [-0.3, -0.25) is 0 Å². The van der Waals surface area contributed by atoms with Crippen LogP contribution in [-0.2, 0) is 20.0 Å². The maximum Gasteiger partial charge on any atom is 0.243 e. The highest BCUT2D eigenvalue weighted by Crippen LogP contribution is 2.30. The van der Waals surface area contributed by atoms with Gasteiger partial charge in [-0.15, -0.1) is 0 Å². The molecule has 0 amide bonds. The van der Waals surface area contributed by atoms with Crippen molar-refractivity contribution in [3.8, 4) is 0 Å². The number of hydrogen-bond donors (Lipinski definition) is 0. The predicted octanol–water partition coefficient (Wildman–Crippen LogP) is 7.27. The van der Waals surface area contributed by atoms with E-state index in [9.17, 15) is 16.8 Å². The Balaban J connectivity index is 1.60. The number of anilines is 2. The summed E-state index contributed by atoms with van der Waals surface area (Å²) in [4.78, 5) is 4.39. The Morgan fingerprint density at radius 3 is 1.21 bits per heavy atom. The van der Waals surface area contributed by atoms with Crippen LogP contribution in [0.5, 0.6) is 0 Å². The van der Waals surface area contributed by atoms with E-state index in [1.54, 1.807) is 48.6 Å². The molecular formula is C36H42Br2N4O4S2. The summed E-state index contributed by atoms with van der Waals surface area (Å²) >= 11 is 6.72. The lowest BCUT2D eigenvalue weighted by Gasteiger charge is -2.22. The third-order valence-electron chi connectivity index (χ3n) is 7.81. The van der Waals surface area contributed by atoms with E-state index in [4.69, 9.17) is 0 Å². The van der Waals surface area contributed by atoms with Gasteiger partial charge in [0.1, 0.15) is 0 Å². The average Bonchev–Trinajstić information content (AvgIpc) is 3.07. The van der Waals surface area contributed by atoms with Crippen LogP contribution in [0, 0.1) is 0 Å². The van der Waals surface area contributed by atoms with Gasteiger partial charge in [-0.1, -0.05) is 105 Å². The first-order chi connectivity index (χ1) is 22.9. The van der Waals surface area contributed by atoms with Crippen LogP contribution in [0.3, 0.4) is 0 Å². The lowest BCUT2D eigenvalue weighted by Crippen LogP contribution is -2.33. The topological polar surface area (TPSA) is 81.2 Å². The Kier molecular flexibility index (Phi) is 13.5. The van der Waals surface area contributed by atoms with Crippen LogP contribution < -0.4 is 9.80 Å². The molecule has 0 heterocycles. The fourth-order valence-corrected chi connectivity index (χ4v) is 8.61. The number of rotatable bonds is 16. The van der Waals surface area contributed by atoms with Crippen molar-refractivity contribution in [2.45, 2.75) is 9.79 Å². The third kappa shape index (κ3) is 8.96. The second kappa shape index (κ2) is 17.1. The molecule has 256 valence electrons. The minimum atomic E-state index is -3.88. The first-order valence-electron chi connectivity index (χ1n) is 15.4. The number of benzene rings is 4. The summed E-state index contributed by atoms with van der Waals surface area (Å²) in [5.41, 5.74) is 2.01. The summed E-state index contributed by atoms with van der Waals surface area (Å²) in [7, 11) is 0.0683. The van der Waals surface area contributed by atoms with Crippen molar-refractivity contribution >= 4 is 84.8 Å². The van der Waals surface area contributed by atoms with Crippen molar-refractivity contribution in [1.29, 1.82) is 0 Å². The molecule has 0 bridgehead atoms. The molecule has 4 aromatic carbocycles. The third-order valence-corrected chi connectivity index (χ3v) is 12.2. The molecule has 0 aliphatic carbocycles. The standard InChI is InChI=1S/C36H42Br2N4O4S2/c1-39(2)35-15-11-13-29-27-31(17-19-33(29)35)47(43,44)41(23-7-5-21-37)25-9-10-26-42(24-8-6-22-38)48(45,46)32-18-20-34-30(28-32)14-12-16-36(34)40(3)4/h5-20,27-28H,21-26H2,1-4H3/b7-5+,8-6+,10-9+. The quantitative estimate of drug-likeness (QED) is 0.0876. The molecule has 0 saturated heterocycles. The van der Waals surface area contributed by atoms with E-state index in [-0.39, 0.29) is 36.0 Å². The maximum atomic E-state index is 13.9. The highest BCUT2D eigenvalue weighted by Gasteiger charge is 2.25. The van der Waals surface area contributed by atoms with E-state index in [0.717, 1.165) is 32.9 Å². The predicted molar refractivity (Wildman–Crippen MR) is 209 cm³/mol. The highest BCUT2D eigenvalue weighted by molar-refractivity contribution is 9.09. The number of allylic oxidation sites excluding steroid dienone is 2. The summed E-state index contributed by atoms with van der Waals surface area (Å²) in [5, 5.41) is 4.79. The average molecular weight is 819 g/mol. The van der Waals surface area contributed by atoms with Gasteiger partial charge in [0.05, 0.1) is 9.79 Å². The van der Waals surface area contributed by atoms with E-state index in [1.165, 1.54) is 8.61 Å². The molecule has 0 spiro atoms. The van der Waals surface area contributed by atoms with Crippen LogP contribution >= 0.6 is 31.9 Å². The number of fused-ring (bicyclic) bond motifs is 2. The Bertz CT molecular complexity index is 1880. The summed E-state index contributed by atoms with van der Waals surface area (Å²) in [5.74, 6) is 0. The number of nitrogens with zero attached hydrogens (tertiary/aromatic N) is 4. The molecule has 4 rings (SSSR count). The van der Waals surface area contributed by atoms with Gasteiger partial charge in [0.2, 0.25) is 20.0 Å². The molecule has 12 heteroatoms. The molecule has 0 aliphatic rings. The largest absolute Gasteiger partial charge is 0.377 e. The van der Waals surface area contributed by atoms with Crippen molar-refractivity contribution in [2.75, 3.05) is 74.8 Å². The fourth-order valence-electron chi connectivity index (χ4n) is 5.32. The van der Waals surface area contributed by atoms with Crippen LogP contribution in [0.25, 0.3) is 21.5 Å². The molecule has 0 N–H and O–H groups in total. The Hall–Kier alpha value is -3.00. The van der Waals surface area contributed by atoms with E-state index in [1.807, 2.05) is 98.7 Å². The molecule has 0 saturated carbocycles. The SMILES string of the molecule is CN(C)c1cccc2cc(S(=O)(=O)N(C/C=C/CBr)C/C=C/CN(C/C=C/CBr)S(=O)(=O)c3ccc4c(N(C)C)cccc4c3)ccc12. The molecule has 48 heavy (non-hydrogen) atoms. The minimum Gasteiger partial charge on any atom is -0.377 e. The van der Waals surface area contributed by atoms with Crippen LogP contribution in [0.2, 0.25) is 0 Å². The van der Waals surface area contributed by atoms with Gasteiger partial charge in [0.25, 0.3) is 0 Å². The van der Waals surface area contributed by atoms with Gasteiger partial charge in [-0.05, 0) is 47.2 Å². The first kappa shape index (κ1) is 37.8. The Morgan fingerprint density at radius 2 is 0.875 bits per heavy atom.